The van der Waals surface area contributed by atoms with Crippen molar-refractivity contribution in [3.05, 3.63) is 59.7 Å². The van der Waals surface area contributed by atoms with Crippen molar-refractivity contribution in [1.29, 1.82) is 0 Å². The Kier molecular flexibility index (Phi) is 4.43. The second kappa shape index (κ2) is 6.80. The summed E-state index contributed by atoms with van der Waals surface area (Å²) in [6.45, 7) is 3.94. The van der Waals surface area contributed by atoms with Gasteiger partial charge in [-0.3, -0.25) is 9.59 Å². The first kappa shape index (κ1) is 18.3. The number of hydrogen-bond acceptors (Lipinski definition) is 5. The van der Waals surface area contributed by atoms with Crippen LogP contribution in [0, 0.1) is 0 Å². The third-order valence-corrected chi connectivity index (χ3v) is 4.99. The molecule has 0 aliphatic carbocycles. The number of anilines is 1. The number of carbonyl (C=O) groups excluding carboxylic acids is 2. The van der Waals surface area contributed by atoms with Crippen molar-refractivity contribution in [3.8, 4) is 11.5 Å². The molecule has 1 amide bonds. The zero-order valence-electron chi connectivity index (χ0n) is 15.7. The molecule has 0 fully saturated rings. The minimum Gasteiger partial charge on any atom is -0.454 e. The first-order chi connectivity index (χ1) is 13.4. The Morgan fingerprint density at radius 2 is 1.96 bits per heavy atom. The third kappa shape index (κ3) is 2.96. The molecule has 4 rings (SSSR count). The molecule has 0 aromatic heterocycles. The summed E-state index contributed by atoms with van der Waals surface area (Å²) in [7, 11) is 0. The summed E-state index contributed by atoms with van der Waals surface area (Å²) in [4.78, 5) is 27.0. The first-order valence-electron chi connectivity index (χ1n) is 9.16. The van der Waals surface area contributed by atoms with Gasteiger partial charge in [0.05, 0.1) is 12.1 Å². The van der Waals surface area contributed by atoms with E-state index in [1.54, 1.807) is 41.3 Å². The molecule has 1 unspecified atom stereocenters. The Hall–Kier alpha value is -3.12. The van der Waals surface area contributed by atoms with E-state index in [1.807, 2.05) is 26.0 Å². The van der Waals surface area contributed by atoms with Gasteiger partial charge in [0.1, 0.15) is 0 Å². The van der Waals surface area contributed by atoms with Crippen LogP contribution in [0.3, 0.4) is 0 Å². The Labute approximate surface area is 163 Å². The highest BCUT2D eigenvalue weighted by Gasteiger charge is 2.51. The lowest BCUT2D eigenvalue weighted by Crippen LogP contribution is -2.44. The van der Waals surface area contributed by atoms with Crippen molar-refractivity contribution in [3.63, 3.8) is 0 Å². The number of carbonyl (C=O) groups is 2. The zero-order valence-corrected chi connectivity index (χ0v) is 15.7. The average Bonchev–Trinajstić information content (AvgIpc) is 3.21. The van der Waals surface area contributed by atoms with E-state index in [2.05, 4.69) is 0 Å². The second-order valence-electron chi connectivity index (χ2n) is 7.24. The van der Waals surface area contributed by atoms with E-state index >= 15 is 0 Å². The van der Waals surface area contributed by atoms with E-state index in [4.69, 9.17) is 9.47 Å². The fourth-order valence-corrected chi connectivity index (χ4v) is 3.66. The van der Waals surface area contributed by atoms with E-state index in [0.717, 1.165) is 5.56 Å². The van der Waals surface area contributed by atoms with E-state index in [-0.39, 0.29) is 25.0 Å². The lowest BCUT2D eigenvalue weighted by molar-refractivity contribution is -0.140. The number of ketones is 1. The molecule has 28 heavy (non-hydrogen) atoms. The molecule has 1 N–H and O–H groups in total. The second-order valence-corrected chi connectivity index (χ2v) is 7.24. The van der Waals surface area contributed by atoms with Gasteiger partial charge in [-0.2, -0.15) is 0 Å². The normalized spacial score (nSPS) is 20.3. The summed E-state index contributed by atoms with van der Waals surface area (Å²) >= 11 is 0. The Bertz CT molecular complexity index is 981. The lowest BCUT2D eigenvalue weighted by Gasteiger charge is -2.25. The Morgan fingerprint density at radius 1 is 1.21 bits per heavy atom. The van der Waals surface area contributed by atoms with E-state index in [0.29, 0.717) is 22.7 Å². The van der Waals surface area contributed by atoms with Gasteiger partial charge in [-0.1, -0.05) is 30.3 Å². The molecule has 6 heteroatoms. The maximum Gasteiger partial charge on any atom is 0.264 e. The predicted molar refractivity (Wildman–Crippen MR) is 104 cm³/mol. The maximum absolute atomic E-state index is 12.9. The number of amides is 1. The van der Waals surface area contributed by atoms with Gasteiger partial charge in [0, 0.05) is 11.6 Å². The number of benzene rings is 2. The van der Waals surface area contributed by atoms with Crippen LogP contribution in [0.5, 0.6) is 11.5 Å². The van der Waals surface area contributed by atoms with Crippen molar-refractivity contribution in [2.24, 2.45) is 0 Å². The highest BCUT2D eigenvalue weighted by Crippen LogP contribution is 2.43. The van der Waals surface area contributed by atoms with Crippen molar-refractivity contribution in [1.82, 2.24) is 0 Å². The van der Waals surface area contributed by atoms with Gasteiger partial charge >= 0.3 is 0 Å². The van der Waals surface area contributed by atoms with Crippen LogP contribution in [0.15, 0.2) is 48.5 Å². The molecule has 2 heterocycles. The summed E-state index contributed by atoms with van der Waals surface area (Å²) < 4.78 is 10.6. The number of hydrogen-bond donors (Lipinski definition) is 1. The van der Waals surface area contributed by atoms with Crippen LogP contribution in [0.1, 0.15) is 31.4 Å². The van der Waals surface area contributed by atoms with Gasteiger partial charge in [0.25, 0.3) is 5.91 Å². The van der Waals surface area contributed by atoms with E-state index < -0.39 is 11.5 Å². The molecule has 0 saturated heterocycles. The minimum atomic E-state index is -1.85. The number of rotatable bonds is 5. The maximum atomic E-state index is 12.9. The summed E-state index contributed by atoms with van der Waals surface area (Å²) in [5, 5.41) is 11.1. The van der Waals surface area contributed by atoms with Crippen LogP contribution < -0.4 is 14.4 Å². The molecule has 144 valence electrons. The largest absolute Gasteiger partial charge is 0.454 e. The first-order valence-corrected chi connectivity index (χ1v) is 9.16. The third-order valence-electron chi connectivity index (χ3n) is 4.99. The molecule has 2 aliphatic rings. The molecule has 6 nitrogen and oxygen atoms in total. The predicted octanol–water partition coefficient (Wildman–Crippen LogP) is 3.03. The molecule has 0 bridgehead atoms. The molecule has 0 spiro atoms. The molecule has 0 saturated carbocycles. The van der Waals surface area contributed by atoms with Crippen molar-refractivity contribution in [2.75, 3.05) is 11.7 Å². The van der Waals surface area contributed by atoms with Gasteiger partial charge in [-0.05, 0) is 43.7 Å². The highest BCUT2D eigenvalue weighted by atomic mass is 16.7. The molecule has 2 aliphatic heterocycles. The lowest BCUT2D eigenvalue weighted by atomic mass is 9.89. The van der Waals surface area contributed by atoms with Crippen LogP contribution in [0.25, 0.3) is 6.08 Å². The number of nitrogens with zero attached hydrogens (tertiary/aromatic N) is 1. The number of para-hydroxylation sites is 1. The minimum absolute atomic E-state index is 0.123. The molecular weight excluding hydrogens is 358 g/mol. The Morgan fingerprint density at radius 3 is 2.75 bits per heavy atom. The topological polar surface area (TPSA) is 76.1 Å². The van der Waals surface area contributed by atoms with E-state index in [1.165, 1.54) is 6.08 Å². The van der Waals surface area contributed by atoms with Gasteiger partial charge in [0.15, 0.2) is 22.9 Å². The fourth-order valence-electron chi connectivity index (χ4n) is 3.66. The van der Waals surface area contributed by atoms with Crippen LogP contribution in [-0.4, -0.2) is 29.6 Å². The van der Waals surface area contributed by atoms with Crippen LogP contribution in [0.2, 0.25) is 0 Å². The Balaban J connectivity index is 1.56. The summed E-state index contributed by atoms with van der Waals surface area (Å²) in [5.74, 6) is 0.489. The summed E-state index contributed by atoms with van der Waals surface area (Å²) in [6.07, 6.45) is 2.70. The van der Waals surface area contributed by atoms with Crippen LogP contribution in [0.4, 0.5) is 5.69 Å². The zero-order chi connectivity index (χ0) is 19.9. The monoisotopic (exact) mass is 379 g/mol. The molecule has 0 radical (unpaired) electrons. The van der Waals surface area contributed by atoms with Gasteiger partial charge in [-0.25, -0.2) is 0 Å². The van der Waals surface area contributed by atoms with Gasteiger partial charge in [0.2, 0.25) is 6.79 Å². The van der Waals surface area contributed by atoms with Crippen molar-refractivity contribution >= 4 is 23.5 Å². The van der Waals surface area contributed by atoms with Crippen molar-refractivity contribution < 1.29 is 24.2 Å². The van der Waals surface area contributed by atoms with E-state index in [9.17, 15) is 14.7 Å². The number of fused-ring (bicyclic) bond motifs is 2. The summed E-state index contributed by atoms with van der Waals surface area (Å²) in [6, 6.07) is 12.3. The van der Waals surface area contributed by atoms with Gasteiger partial charge < -0.3 is 19.5 Å². The smallest absolute Gasteiger partial charge is 0.264 e. The standard InChI is InChI=1S/C22H21NO5/c1-14(2)23-18-6-4-3-5-17(18)22(26,21(23)25)12-16(24)9-7-15-8-10-19-20(11-15)28-13-27-19/h3-11,14,26H,12-13H2,1-2H3. The van der Waals surface area contributed by atoms with Gasteiger partial charge in [-0.15, -0.1) is 0 Å². The molecular formula is C22H21NO5. The number of ether oxygens (including phenoxy) is 2. The van der Waals surface area contributed by atoms with Crippen molar-refractivity contribution in [2.45, 2.75) is 31.9 Å². The molecule has 2 aromatic carbocycles. The molecule has 1 atom stereocenters. The molecule has 2 aromatic rings. The quantitative estimate of drug-likeness (QED) is 0.808. The average molecular weight is 379 g/mol. The highest BCUT2D eigenvalue weighted by molar-refractivity contribution is 6.10. The SMILES string of the molecule is CC(C)N1C(=O)C(O)(CC(=O)C=Cc2ccc3c(c2)OCO3)c2ccccc21. The fraction of sp³-hybridized carbons (Fsp3) is 0.273. The summed E-state index contributed by atoms with van der Waals surface area (Å²) in [5.41, 5.74) is 0.0413. The number of aliphatic hydroxyl groups is 1. The van der Waals surface area contributed by atoms with Crippen LogP contribution >= 0.6 is 0 Å². The number of allylic oxidation sites excluding steroid dienone is 1. The van der Waals surface area contributed by atoms with Crippen LogP contribution in [-0.2, 0) is 15.2 Å².